The van der Waals surface area contributed by atoms with Crippen LogP contribution in [0.1, 0.15) is 20.3 Å². The number of nitrogens with zero attached hydrogens (tertiary/aromatic N) is 1. The minimum absolute atomic E-state index is 0.233. The van der Waals surface area contributed by atoms with Crippen molar-refractivity contribution >= 4 is 0 Å². The standard InChI is InChI=1S/C9H17F3N2O/c1-7(2,13)5-14-4-3-8(15,6-14)9(10,11)12/h15H,3-6,13H2,1-2H3. The zero-order valence-electron chi connectivity index (χ0n) is 8.93. The highest BCUT2D eigenvalue weighted by molar-refractivity contribution is 4.97. The smallest absolute Gasteiger partial charge is 0.379 e. The average Bonchev–Trinajstić information content (AvgIpc) is 2.27. The van der Waals surface area contributed by atoms with Crippen LogP contribution in [0.15, 0.2) is 0 Å². The van der Waals surface area contributed by atoms with E-state index in [2.05, 4.69) is 0 Å². The molecule has 1 aliphatic heterocycles. The van der Waals surface area contributed by atoms with E-state index in [1.165, 1.54) is 0 Å². The molecule has 1 atom stereocenters. The summed E-state index contributed by atoms with van der Waals surface area (Å²) in [4.78, 5) is 1.55. The molecule has 6 heteroatoms. The van der Waals surface area contributed by atoms with Gasteiger partial charge in [0.05, 0.1) is 0 Å². The van der Waals surface area contributed by atoms with Gasteiger partial charge in [-0.2, -0.15) is 13.2 Å². The van der Waals surface area contributed by atoms with Gasteiger partial charge in [-0.3, -0.25) is 4.90 Å². The molecule has 1 fully saturated rings. The van der Waals surface area contributed by atoms with Crippen molar-refractivity contribution in [3.63, 3.8) is 0 Å². The molecule has 0 aliphatic carbocycles. The Balaban J connectivity index is 2.60. The van der Waals surface area contributed by atoms with Crippen LogP contribution in [0.2, 0.25) is 0 Å². The van der Waals surface area contributed by atoms with E-state index >= 15 is 0 Å². The minimum atomic E-state index is -4.56. The molecular formula is C9H17F3N2O. The van der Waals surface area contributed by atoms with Crippen molar-refractivity contribution in [1.29, 1.82) is 0 Å². The topological polar surface area (TPSA) is 49.5 Å². The van der Waals surface area contributed by atoms with E-state index in [1.807, 2.05) is 0 Å². The molecule has 3 nitrogen and oxygen atoms in total. The van der Waals surface area contributed by atoms with E-state index in [4.69, 9.17) is 5.73 Å². The average molecular weight is 226 g/mol. The molecule has 0 aromatic rings. The largest absolute Gasteiger partial charge is 0.418 e. The fraction of sp³-hybridized carbons (Fsp3) is 1.00. The molecule has 0 aromatic heterocycles. The molecule has 1 rings (SSSR count). The lowest BCUT2D eigenvalue weighted by Gasteiger charge is -2.29. The first-order valence-electron chi connectivity index (χ1n) is 4.84. The second-order valence-electron chi connectivity index (χ2n) is 4.98. The Morgan fingerprint density at radius 3 is 2.27 bits per heavy atom. The summed E-state index contributed by atoms with van der Waals surface area (Å²) in [5.74, 6) is 0. The monoisotopic (exact) mass is 226 g/mol. The van der Waals surface area contributed by atoms with Gasteiger partial charge in [-0.1, -0.05) is 0 Å². The highest BCUT2D eigenvalue weighted by atomic mass is 19.4. The lowest BCUT2D eigenvalue weighted by Crippen LogP contribution is -2.50. The number of alkyl halides is 3. The first-order chi connectivity index (χ1) is 6.54. The molecule has 0 amide bonds. The van der Waals surface area contributed by atoms with Crippen LogP contribution >= 0.6 is 0 Å². The Kier molecular flexibility index (Phi) is 3.06. The van der Waals surface area contributed by atoms with Gasteiger partial charge >= 0.3 is 6.18 Å². The molecular weight excluding hydrogens is 209 g/mol. The predicted molar refractivity (Wildman–Crippen MR) is 50.3 cm³/mol. The summed E-state index contributed by atoms with van der Waals surface area (Å²) >= 11 is 0. The van der Waals surface area contributed by atoms with Crippen LogP contribution in [0, 0.1) is 0 Å². The maximum Gasteiger partial charge on any atom is 0.418 e. The zero-order chi connectivity index (χ0) is 11.9. The minimum Gasteiger partial charge on any atom is -0.379 e. The molecule has 0 bridgehead atoms. The number of likely N-dealkylation sites (tertiary alicyclic amines) is 1. The van der Waals surface area contributed by atoms with E-state index in [-0.39, 0.29) is 19.5 Å². The van der Waals surface area contributed by atoms with Gasteiger partial charge in [-0.15, -0.1) is 0 Å². The molecule has 0 radical (unpaired) electrons. The van der Waals surface area contributed by atoms with Crippen LogP contribution < -0.4 is 5.73 Å². The van der Waals surface area contributed by atoms with Crippen LogP contribution in [-0.4, -0.2) is 47.0 Å². The van der Waals surface area contributed by atoms with Crippen LogP contribution in [0.3, 0.4) is 0 Å². The van der Waals surface area contributed by atoms with Gasteiger partial charge in [-0.05, 0) is 20.3 Å². The molecule has 0 aromatic carbocycles. The van der Waals surface area contributed by atoms with E-state index in [9.17, 15) is 18.3 Å². The van der Waals surface area contributed by atoms with Crippen molar-refractivity contribution in [3.8, 4) is 0 Å². The van der Waals surface area contributed by atoms with Gasteiger partial charge in [0.15, 0.2) is 5.60 Å². The Morgan fingerprint density at radius 2 is 1.93 bits per heavy atom. The summed E-state index contributed by atoms with van der Waals surface area (Å²) < 4.78 is 37.3. The van der Waals surface area contributed by atoms with Crippen LogP contribution in [0.4, 0.5) is 13.2 Å². The maximum atomic E-state index is 12.4. The number of nitrogens with two attached hydrogens (primary N) is 1. The van der Waals surface area contributed by atoms with Crippen LogP contribution in [0.25, 0.3) is 0 Å². The summed E-state index contributed by atoms with van der Waals surface area (Å²) in [7, 11) is 0. The summed E-state index contributed by atoms with van der Waals surface area (Å²) in [5, 5.41) is 9.39. The summed E-state index contributed by atoms with van der Waals surface area (Å²) in [6, 6.07) is 0. The van der Waals surface area contributed by atoms with E-state index in [1.54, 1.807) is 18.7 Å². The van der Waals surface area contributed by atoms with Crippen molar-refractivity contribution in [1.82, 2.24) is 4.90 Å². The lowest BCUT2D eigenvalue weighted by molar-refractivity contribution is -0.254. The summed E-state index contributed by atoms with van der Waals surface area (Å²) in [6.07, 6.45) is -4.83. The van der Waals surface area contributed by atoms with Crippen molar-refractivity contribution in [2.24, 2.45) is 5.73 Å². The van der Waals surface area contributed by atoms with Crippen molar-refractivity contribution in [2.75, 3.05) is 19.6 Å². The van der Waals surface area contributed by atoms with Crippen molar-refractivity contribution in [3.05, 3.63) is 0 Å². The number of hydrogen-bond acceptors (Lipinski definition) is 3. The molecule has 3 N–H and O–H groups in total. The number of hydrogen-bond donors (Lipinski definition) is 2. The van der Waals surface area contributed by atoms with E-state index < -0.39 is 17.3 Å². The molecule has 1 heterocycles. The molecule has 1 saturated heterocycles. The first kappa shape index (κ1) is 12.7. The van der Waals surface area contributed by atoms with E-state index in [0.717, 1.165) is 0 Å². The first-order valence-corrected chi connectivity index (χ1v) is 4.84. The van der Waals surface area contributed by atoms with Crippen LogP contribution in [0.5, 0.6) is 0 Å². The van der Waals surface area contributed by atoms with Gasteiger partial charge in [0.2, 0.25) is 0 Å². The van der Waals surface area contributed by atoms with Gasteiger partial charge in [0.1, 0.15) is 0 Å². The predicted octanol–water partition coefficient (Wildman–Crippen LogP) is 0.723. The third-order valence-electron chi connectivity index (χ3n) is 2.49. The maximum absolute atomic E-state index is 12.4. The molecule has 1 aliphatic rings. The number of halogens is 3. The Hall–Kier alpha value is -0.330. The number of rotatable bonds is 2. The SMILES string of the molecule is CC(C)(N)CN1CCC(O)(C(F)(F)F)C1. The Labute approximate surface area is 87.0 Å². The molecule has 0 spiro atoms. The Bertz CT molecular complexity index is 236. The normalized spacial score (nSPS) is 29.8. The van der Waals surface area contributed by atoms with Crippen molar-refractivity contribution in [2.45, 2.75) is 37.6 Å². The lowest BCUT2D eigenvalue weighted by atomic mass is 10.0. The second-order valence-corrected chi connectivity index (χ2v) is 4.98. The third-order valence-corrected chi connectivity index (χ3v) is 2.49. The third kappa shape index (κ3) is 3.06. The highest BCUT2D eigenvalue weighted by Gasteiger charge is 2.57. The fourth-order valence-electron chi connectivity index (χ4n) is 1.81. The molecule has 0 saturated carbocycles. The Morgan fingerprint density at radius 1 is 1.40 bits per heavy atom. The zero-order valence-corrected chi connectivity index (χ0v) is 8.93. The van der Waals surface area contributed by atoms with Crippen molar-refractivity contribution < 1.29 is 18.3 Å². The molecule has 15 heavy (non-hydrogen) atoms. The van der Waals surface area contributed by atoms with Crippen LogP contribution in [-0.2, 0) is 0 Å². The highest BCUT2D eigenvalue weighted by Crippen LogP contribution is 2.37. The van der Waals surface area contributed by atoms with Gasteiger partial charge < -0.3 is 10.8 Å². The van der Waals surface area contributed by atoms with E-state index in [0.29, 0.717) is 6.54 Å². The quantitative estimate of drug-likeness (QED) is 0.729. The summed E-state index contributed by atoms with van der Waals surface area (Å²) in [5.41, 5.74) is 2.61. The van der Waals surface area contributed by atoms with Gasteiger partial charge in [-0.25, -0.2) is 0 Å². The summed E-state index contributed by atoms with van der Waals surface area (Å²) in [6.45, 7) is 3.70. The number of aliphatic hydroxyl groups is 1. The molecule has 90 valence electrons. The van der Waals surface area contributed by atoms with Gasteiger partial charge in [0, 0.05) is 25.2 Å². The molecule has 1 unspecified atom stereocenters. The second kappa shape index (κ2) is 3.61. The van der Waals surface area contributed by atoms with Gasteiger partial charge in [0.25, 0.3) is 0 Å². The fourth-order valence-corrected chi connectivity index (χ4v) is 1.81. The number of β-amino-alcohol motifs (C(OH)–C–C–N with tert-alkyl or cyclic N) is 1.